The normalized spacial score (nSPS) is 12.4. The summed E-state index contributed by atoms with van der Waals surface area (Å²) in [5, 5.41) is 0. The molecule has 2 N–H and O–H groups in total. The average molecular weight is 291 g/mol. The lowest BCUT2D eigenvalue weighted by atomic mass is 9.98. The summed E-state index contributed by atoms with van der Waals surface area (Å²) in [6.45, 7) is 2.11. The fraction of sp³-hybridized carbons (Fsp3) is 0.214. The molecule has 2 rings (SSSR count). The first-order valence-electron chi connectivity index (χ1n) is 5.57. The van der Waals surface area contributed by atoms with Crippen LogP contribution < -0.4 is 5.73 Å². The van der Waals surface area contributed by atoms with Crippen LogP contribution in [0.3, 0.4) is 0 Å². The molecule has 3 heteroatoms. The summed E-state index contributed by atoms with van der Waals surface area (Å²) in [5.74, 6) is 0. The standard InChI is InChI=1S/C14H15BrN2/c1-10-4-2-3-5-11(10)7-14(16)12-6-13(15)9-17-8-12/h2-6,8-9,14H,7,16H2,1H3. The van der Waals surface area contributed by atoms with Gasteiger partial charge in [-0.2, -0.15) is 0 Å². The average Bonchev–Trinajstić information content (AvgIpc) is 2.32. The quantitative estimate of drug-likeness (QED) is 0.941. The molecule has 0 fully saturated rings. The second-order valence-corrected chi connectivity index (χ2v) is 5.09. The van der Waals surface area contributed by atoms with E-state index in [0.29, 0.717) is 0 Å². The van der Waals surface area contributed by atoms with E-state index in [1.165, 1.54) is 11.1 Å². The maximum Gasteiger partial charge on any atom is 0.0410 e. The third-order valence-corrected chi connectivity index (χ3v) is 3.29. The van der Waals surface area contributed by atoms with Crippen molar-refractivity contribution in [3.05, 3.63) is 63.9 Å². The van der Waals surface area contributed by atoms with Crippen LogP contribution in [0, 0.1) is 6.92 Å². The van der Waals surface area contributed by atoms with Gasteiger partial charge in [-0.3, -0.25) is 4.98 Å². The molecule has 1 atom stereocenters. The van der Waals surface area contributed by atoms with Gasteiger partial charge in [0.15, 0.2) is 0 Å². The van der Waals surface area contributed by atoms with Crippen LogP contribution >= 0.6 is 15.9 Å². The number of rotatable bonds is 3. The number of benzene rings is 1. The molecule has 0 amide bonds. The Balaban J connectivity index is 2.17. The van der Waals surface area contributed by atoms with Gasteiger partial charge in [-0.1, -0.05) is 24.3 Å². The molecule has 0 spiro atoms. The zero-order valence-electron chi connectivity index (χ0n) is 9.73. The number of halogens is 1. The van der Waals surface area contributed by atoms with E-state index >= 15 is 0 Å². The van der Waals surface area contributed by atoms with Crippen molar-refractivity contribution in [3.63, 3.8) is 0 Å². The third kappa shape index (κ3) is 3.14. The molecular formula is C14H15BrN2. The van der Waals surface area contributed by atoms with Crippen molar-refractivity contribution in [1.82, 2.24) is 4.98 Å². The van der Waals surface area contributed by atoms with E-state index in [4.69, 9.17) is 5.73 Å². The van der Waals surface area contributed by atoms with Crippen molar-refractivity contribution in [2.45, 2.75) is 19.4 Å². The number of hydrogen-bond donors (Lipinski definition) is 1. The minimum atomic E-state index is -0.0129. The van der Waals surface area contributed by atoms with Crippen molar-refractivity contribution in [2.24, 2.45) is 5.73 Å². The van der Waals surface area contributed by atoms with Crippen LogP contribution in [0.5, 0.6) is 0 Å². The molecule has 0 aliphatic heterocycles. The molecule has 1 aromatic carbocycles. The van der Waals surface area contributed by atoms with E-state index in [0.717, 1.165) is 16.5 Å². The summed E-state index contributed by atoms with van der Waals surface area (Å²) in [4.78, 5) is 4.14. The highest BCUT2D eigenvalue weighted by molar-refractivity contribution is 9.10. The Morgan fingerprint density at radius 3 is 2.76 bits per heavy atom. The van der Waals surface area contributed by atoms with Gasteiger partial charge in [-0.25, -0.2) is 0 Å². The number of nitrogens with two attached hydrogens (primary N) is 1. The Morgan fingerprint density at radius 1 is 1.29 bits per heavy atom. The molecule has 0 aliphatic rings. The summed E-state index contributed by atoms with van der Waals surface area (Å²) >= 11 is 3.41. The fourth-order valence-electron chi connectivity index (χ4n) is 1.82. The van der Waals surface area contributed by atoms with E-state index in [2.05, 4.69) is 40.0 Å². The topological polar surface area (TPSA) is 38.9 Å². The van der Waals surface area contributed by atoms with Crippen molar-refractivity contribution < 1.29 is 0 Å². The molecule has 1 aromatic heterocycles. The number of aromatic nitrogens is 1. The second kappa shape index (κ2) is 5.43. The van der Waals surface area contributed by atoms with Crippen molar-refractivity contribution in [1.29, 1.82) is 0 Å². The molecule has 1 heterocycles. The molecular weight excluding hydrogens is 276 g/mol. The van der Waals surface area contributed by atoms with Crippen LogP contribution in [-0.2, 0) is 6.42 Å². The molecule has 0 saturated heterocycles. The molecule has 88 valence electrons. The largest absolute Gasteiger partial charge is 0.324 e. The maximum atomic E-state index is 6.20. The molecule has 0 aliphatic carbocycles. The van der Waals surface area contributed by atoms with Gasteiger partial charge in [-0.05, 0) is 52.0 Å². The SMILES string of the molecule is Cc1ccccc1CC(N)c1cncc(Br)c1. The van der Waals surface area contributed by atoms with E-state index in [9.17, 15) is 0 Å². The second-order valence-electron chi connectivity index (χ2n) is 4.17. The Labute approximate surface area is 110 Å². The van der Waals surface area contributed by atoms with Crippen LogP contribution in [0.4, 0.5) is 0 Å². The number of aryl methyl sites for hydroxylation is 1. The first-order chi connectivity index (χ1) is 8.16. The van der Waals surface area contributed by atoms with Crippen molar-refractivity contribution >= 4 is 15.9 Å². The van der Waals surface area contributed by atoms with E-state index in [1.54, 1.807) is 6.20 Å². The summed E-state index contributed by atoms with van der Waals surface area (Å²) in [7, 11) is 0. The predicted octanol–water partition coefficient (Wildman–Crippen LogP) is 3.40. The minimum Gasteiger partial charge on any atom is -0.324 e. The van der Waals surface area contributed by atoms with Crippen LogP contribution in [0.25, 0.3) is 0 Å². The van der Waals surface area contributed by atoms with Gasteiger partial charge in [0.05, 0.1) is 0 Å². The number of hydrogen-bond acceptors (Lipinski definition) is 2. The van der Waals surface area contributed by atoms with Crippen LogP contribution in [0.15, 0.2) is 47.2 Å². The Kier molecular flexibility index (Phi) is 3.92. The van der Waals surface area contributed by atoms with Gasteiger partial charge < -0.3 is 5.73 Å². The fourth-order valence-corrected chi connectivity index (χ4v) is 2.21. The molecule has 0 radical (unpaired) electrons. The monoisotopic (exact) mass is 290 g/mol. The smallest absolute Gasteiger partial charge is 0.0410 e. The lowest BCUT2D eigenvalue weighted by molar-refractivity contribution is 0.714. The van der Waals surface area contributed by atoms with Crippen LogP contribution in [0.1, 0.15) is 22.7 Å². The van der Waals surface area contributed by atoms with E-state index in [1.807, 2.05) is 24.4 Å². The highest BCUT2D eigenvalue weighted by Crippen LogP contribution is 2.20. The first-order valence-corrected chi connectivity index (χ1v) is 6.36. The van der Waals surface area contributed by atoms with Gasteiger partial charge in [0.25, 0.3) is 0 Å². The molecule has 0 saturated carbocycles. The van der Waals surface area contributed by atoms with Gasteiger partial charge in [0.2, 0.25) is 0 Å². The zero-order valence-corrected chi connectivity index (χ0v) is 11.3. The van der Waals surface area contributed by atoms with E-state index < -0.39 is 0 Å². The summed E-state index contributed by atoms with van der Waals surface area (Å²) in [6, 6.07) is 10.3. The zero-order chi connectivity index (χ0) is 12.3. The van der Waals surface area contributed by atoms with Gasteiger partial charge in [0.1, 0.15) is 0 Å². The van der Waals surface area contributed by atoms with Gasteiger partial charge in [0, 0.05) is 22.9 Å². The maximum absolute atomic E-state index is 6.20. The Hall–Kier alpha value is -1.19. The molecule has 2 nitrogen and oxygen atoms in total. The molecule has 2 aromatic rings. The van der Waals surface area contributed by atoms with Gasteiger partial charge >= 0.3 is 0 Å². The van der Waals surface area contributed by atoms with Gasteiger partial charge in [-0.15, -0.1) is 0 Å². The lowest BCUT2D eigenvalue weighted by Crippen LogP contribution is -2.14. The number of nitrogens with zero attached hydrogens (tertiary/aromatic N) is 1. The Bertz CT molecular complexity index is 511. The minimum absolute atomic E-state index is 0.0129. The highest BCUT2D eigenvalue weighted by Gasteiger charge is 2.09. The van der Waals surface area contributed by atoms with Crippen molar-refractivity contribution in [2.75, 3.05) is 0 Å². The van der Waals surface area contributed by atoms with Crippen LogP contribution in [0.2, 0.25) is 0 Å². The van der Waals surface area contributed by atoms with Crippen molar-refractivity contribution in [3.8, 4) is 0 Å². The molecule has 17 heavy (non-hydrogen) atoms. The van der Waals surface area contributed by atoms with E-state index in [-0.39, 0.29) is 6.04 Å². The molecule has 1 unspecified atom stereocenters. The summed E-state index contributed by atoms with van der Waals surface area (Å²) < 4.78 is 0.968. The summed E-state index contributed by atoms with van der Waals surface area (Å²) in [6.07, 6.45) is 4.43. The predicted molar refractivity (Wildman–Crippen MR) is 73.7 cm³/mol. The molecule has 0 bridgehead atoms. The van der Waals surface area contributed by atoms with Crippen LogP contribution in [-0.4, -0.2) is 4.98 Å². The third-order valence-electron chi connectivity index (χ3n) is 2.86. The summed E-state index contributed by atoms with van der Waals surface area (Å²) in [5.41, 5.74) is 9.84. The highest BCUT2D eigenvalue weighted by atomic mass is 79.9. The Morgan fingerprint density at radius 2 is 2.06 bits per heavy atom. The first kappa shape index (κ1) is 12.3. The lowest BCUT2D eigenvalue weighted by Gasteiger charge is -2.13. The number of pyridine rings is 1.